The van der Waals surface area contributed by atoms with Crippen LogP contribution >= 0.6 is 0 Å². The first-order chi connectivity index (χ1) is 8.65. The number of hydrogen-bond donors (Lipinski definition) is 2. The molecule has 0 aromatic carbocycles. The highest BCUT2D eigenvalue weighted by molar-refractivity contribution is 5.68. The van der Waals surface area contributed by atoms with Crippen LogP contribution in [0.1, 0.15) is 40.0 Å². The van der Waals surface area contributed by atoms with E-state index in [0.29, 0.717) is 19.3 Å². The number of alkyl halides is 2. The van der Waals surface area contributed by atoms with Crippen molar-refractivity contribution in [3.63, 3.8) is 0 Å². The van der Waals surface area contributed by atoms with Gasteiger partial charge in [0.05, 0.1) is 6.10 Å². The van der Waals surface area contributed by atoms with Crippen LogP contribution in [0.3, 0.4) is 0 Å². The third-order valence-electron chi connectivity index (χ3n) is 2.72. The number of halogens is 2. The maximum atomic E-state index is 12.2. The Morgan fingerprint density at radius 1 is 1.32 bits per heavy atom. The van der Waals surface area contributed by atoms with E-state index < -0.39 is 24.4 Å². The zero-order valence-corrected chi connectivity index (χ0v) is 11.5. The third-order valence-corrected chi connectivity index (χ3v) is 2.72. The lowest BCUT2D eigenvalue weighted by molar-refractivity contribution is -0.172. The van der Waals surface area contributed by atoms with Gasteiger partial charge in [-0.3, -0.25) is 0 Å². The largest absolute Gasteiger partial charge is 0.444 e. The second-order valence-electron chi connectivity index (χ2n) is 5.83. The number of amides is 1. The molecular weight excluding hydrogens is 258 g/mol. The molecule has 0 aromatic heterocycles. The fourth-order valence-corrected chi connectivity index (χ4v) is 2.16. The van der Waals surface area contributed by atoms with E-state index in [1.165, 1.54) is 0 Å². The molecule has 7 heteroatoms. The summed E-state index contributed by atoms with van der Waals surface area (Å²) < 4.78 is 33.9. The van der Waals surface area contributed by atoms with Crippen molar-refractivity contribution in [2.45, 2.75) is 70.4 Å². The van der Waals surface area contributed by atoms with Gasteiger partial charge in [0, 0.05) is 12.1 Å². The fraction of sp³-hybridized carbons (Fsp3) is 0.917. The minimum Gasteiger partial charge on any atom is -0.444 e. The number of alkyl carbamates (subject to hydrolysis) is 1. The Balaban J connectivity index is 2.46. The highest BCUT2D eigenvalue weighted by Crippen LogP contribution is 2.22. The quantitative estimate of drug-likeness (QED) is 0.829. The van der Waals surface area contributed by atoms with Crippen LogP contribution in [0.25, 0.3) is 0 Å². The van der Waals surface area contributed by atoms with Gasteiger partial charge in [0.1, 0.15) is 5.60 Å². The van der Waals surface area contributed by atoms with E-state index in [-0.39, 0.29) is 12.1 Å². The highest BCUT2D eigenvalue weighted by atomic mass is 19.3. The second kappa shape index (κ2) is 6.47. The first kappa shape index (κ1) is 16.1. The average molecular weight is 280 g/mol. The molecule has 0 radical (unpaired) electrons. The molecule has 19 heavy (non-hydrogen) atoms. The van der Waals surface area contributed by atoms with E-state index in [0.717, 1.165) is 0 Å². The molecule has 3 atom stereocenters. The van der Waals surface area contributed by atoms with Gasteiger partial charge in [-0.1, -0.05) is 0 Å². The van der Waals surface area contributed by atoms with Crippen LogP contribution in [-0.4, -0.2) is 36.5 Å². The molecule has 5 nitrogen and oxygen atoms in total. The normalized spacial score (nSPS) is 28.3. The molecular formula is C12H22F2N2O3. The van der Waals surface area contributed by atoms with E-state index in [4.69, 9.17) is 10.5 Å². The number of nitrogens with two attached hydrogens (primary N) is 1. The van der Waals surface area contributed by atoms with Crippen molar-refractivity contribution in [2.24, 2.45) is 5.73 Å². The third kappa shape index (κ3) is 6.68. The lowest BCUT2D eigenvalue weighted by Crippen LogP contribution is -2.48. The molecule has 0 saturated heterocycles. The fourth-order valence-electron chi connectivity index (χ4n) is 2.16. The molecule has 1 rings (SSSR count). The van der Waals surface area contributed by atoms with Crippen LogP contribution in [0, 0.1) is 0 Å². The SMILES string of the molecule is CC(C)(C)OC(=O)NC1CC(N)CC(OC(F)F)C1. The maximum Gasteiger partial charge on any atom is 0.407 e. The topological polar surface area (TPSA) is 73.6 Å². The van der Waals surface area contributed by atoms with Crippen molar-refractivity contribution in [3.8, 4) is 0 Å². The van der Waals surface area contributed by atoms with Gasteiger partial charge in [0.25, 0.3) is 0 Å². The van der Waals surface area contributed by atoms with Crippen molar-refractivity contribution in [1.82, 2.24) is 5.32 Å². The maximum absolute atomic E-state index is 12.2. The molecule has 3 N–H and O–H groups in total. The van der Waals surface area contributed by atoms with Crippen molar-refractivity contribution >= 4 is 6.09 Å². The summed E-state index contributed by atoms with van der Waals surface area (Å²) in [6.07, 6.45) is 0.0160. The van der Waals surface area contributed by atoms with E-state index in [1.807, 2.05) is 0 Å². The Morgan fingerprint density at radius 2 is 1.95 bits per heavy atom. The summed E-state index contributed by atoms with van der Waals surface area (Å²) in [5.41, 5.74) is 5.18. The molecule has 0 aromatic rings. The van der Waals surface area contributed by atoms with Gasteiger partial charge < -0.3 is 20.5 Å². The van der Waals surface area contributed by atoms with E-state index in [9.17, 15) is 13.6 Å². The molecule has 1 aliphatic carbocycles. The molecule has 3 unspecified atom stereocenters. The van der Waals surface area contributed by atoms with E-state index in [2.05, 4.69) is 10.1 Å². The molecule has 0 heterocycles. The van der Waals surface area contributed by atoms with E-state index >= 15 is 0 Å². The molecule has 1 amide bonds. The predicted molar refractivity (Wildman–Crippen MR) is 65.9 cm³/mol. The second-order valence-corrected chi connectivity index (χ2v) is 5.83. The Kier molecular flexibility index (Phi) is 5.49. The van der Waals surface area contributed by atoms with E-state index in [1.54, 1.807) is 20.8 Å². The van der Waals surface area contributed by atoms with Gasteiger partial charge >= 0.3 is 12.7 Å². The highest BCUT2D eigenvalue weighted by Gasteiger charge is 2.31. The first-order valence-corrected chi connectivity index (χ1v) is 6.34. The zero-order chi connectivity index (χ0) is 14.6. The smallest absolute Gasteiger partial charge is 0.407 e. The van der Waals surface area contributed by atoms with Crippen LogP contribution in [0.2, 0.25) is 0 Å². The standard InChI is InChI=1S/C12H22F2N2O3/c1-12(2,3)19-11(17)16-8-4-7(15)5-9(6-8)18-10(13)14/h7-10H,4-6,15H2,1-3H3,(H,16,17). The lowest BCUT2D eigenvalue weighted by atomic mass is 9.89. The predicted octanol–water partition coefficient (Wildman–Crippen LogP) is 2.00. The summed E-state index contributed by atoms with van der Waals surface area (Å²) in [5.74, 6) is 0. The number of rotatable bonds is 3. The van der Waals surface area contributed by atoms with Crippen LogP contribution in [-0.2, 0) is 9.47 Å². The molecule has 0 spiro atoms. The summed E-state index contributed by atoms with van der Waals surface area (Å²) in [7, 11) is 0. The van der Waals surface area contributed by atoms with Crippen LogP contribution in [0.15, 0.2) is 0 Å². The molecule has 1 saturated carbocycles. The van der Waals surface area contributed by atoms with Gasteiger partial charge in [-0.05, 0) is 40.0 Å². The monoisotopic (exact) mass is 280 g/mol. The van der Waals surface area contributed by atoms with Crippen molar-refractivity contribution in [1.29, 1.82) is 0 Å². The summed E-state index contributed by atoms with van der Waals surface area (Å²) in [5, 5.41) is 2.64. The Hall–Kier alpha value is -0.950. The summed E-state index contributed by atoms with van der Waals surface area (Å²) in [6.45, 7) is 2.43. The summed E-state index contributed by atoms with van der Waals surface area (Å²) >= 11 is 0. The molecule has 0 aliphatic heterocycles. The summed E-state index contributed by atoms with van der Waals surface area (Å²) in [4.78, 5) is 11.6. The lowest BCUT2D eigenvalue weighted by Gasteiger charge is -2.33. The Labute approximate surface area is 111 Å². The first-order valence-electron chi connectivity index (χ1n) is 6.34. The van der Waals surface area contributed by atoms with Crippen molar-refractivity contribution in [3.05, 3.63) is 0 Å². The number of ether oxygens (including phenoxy) is 2. The van der Waals surface area contributed by atoms with Gasteiger partial charge in [0.15, 0.2) is 0 Å². The zero-order valence-electron chi connectivity index (χ0n) is 11.5. The minimum atomic E-state index is -2.82. The molecule has 1 aliphatic rings. The van der Waals surface area contributed by atoms with Gasteiger partial charge in [-0.25, -0.2) is 4.79 Å². The number of carbonyl (C=O) groups excluding carboxylic acids is 1. The van der Waals surface area contributed by atoms with Gasteiger partial charge in [-0.15, -0.1) is 0 Å². The molecule has 0 bridgehead atoms. The Morgan fingerprint density at radius 3 is 2.47 bits per heavy atom. The van der Waals surface area contributed by atoms with Crippen LogP contribution < -0.4 is 11.1 Å². The number of carbonyl (C=O) groups is 1. The van der Waals surface area contributed by atoms with Crippen molar-refractivity contribution in [2.75, 3.05) is 0 Å². The summed E-state index contributed by atoms with van der Waals surface area (Å²) in [6, 6.07) is -0.570. The minimum absolute atomic E-state index is 0.266. The van der Waals surface area contributed by atoms with Crippen LogP contribution in [0.5, 0.6) is 0 Å². The van der Waals surface area contributed by atoms with Crippen molar-refractivity contribution < 1.29 is 23.0 Å². The van der Waals surface area contributed by atoms with Crippen LogP contribution in [0.4, 0.5) is 13.6 Å². The number of hydrogen-bond acceptors (Lipinski definition) is 4. The average Bonchev–Trinajstić information content (AvgIpc) is 2.10. The Bertz CT molecular complexity index is 306. The number of nitrogens with one attached hydrogen (secondary N) is 1. The van der Waals surface area contributed by atoms with Gasteiger partial charge in [0.2, 0.25) is 0 Å². The molecule has 1 fully saturated rings. The molecule has 112 valence electrons. The van der Waals surface area contributed by atoms with Gasteiger partial charge in [-0.2, -0.15) is 8.78 Å².